The van der Waals surface area contributed by atoms with Gasteiger partial charge in [-0.3, -0.25) is 15.0 Å². The Hall–Kier alpha value is -1.53. The summed E-state index contributed by atoms with van der Waals surface area (Å²) in [5, 5.41) is 16.6. The maximum absolute atomic E-state index is 12.7. The molecule has 0 aromatic carbocycles. The summed E-state index contributed by atoms with van der Waals surface area (Å²) in [4.78, 5) is 47.7. The third-order valence-electron chi connectivity index (χ3n) is 5.23. The van der Waals surface area contributed by atoms with Crippen molar-refractivity contribution in [3.63, 3.8) is 0 Å². The number of hydrazine groups is 1. The van der Waals surface area contributed by atoms with Gasteiger partial charge in [0.25, 0.3) is 0 Å². The molecule has 4 atom stereocenters. The van der Waals surface area contributed by atoms with E-state index in [1.165, 1.54) is 0 Å². The van der Waals surface area contributed by atoms with Gasteiger partial charge in [0.1, 0.15) is 0 Å². The van der Waals surface area contributed by atoms with Gasteiger partial charge in [0, 0.05) is 17.4 Å². The number of nitrogens with one attached hydrogen (secondary N) is 3. The smallest absolute Gasteiger partial charge is 0.328 e. The highest BCUT2D eigenvalue weighted by molar-refractivity contribution is 9.09. The molecule has 2 fully saturated rings. The molecular weight excluding hydrogens is 478 g/mol. The van der Waals surface area contributed by atoms with Crippen molar-refractivity contribution in [1.29, 1.82) is 0 Å². The lowest BCUT2D eigenvalue weighted by Crippen LogP contribution is -2.55. The molecule has 0 radical (unpaired) electrons. The predicted octanol–water partition coefficient (Wildman–Crippen LogP) is 0.549. The van der Waals surface area contributed by atoms with Crippen LogP contribution in [0.1, 0.15) is 44.9 Å². The number of urea groups is 1. The van der Waals surface area contributed by atoms with Crippen molar-refractivity contribution >= 4 is 51.5 Å². The van der Waals surface area contributed by atoms with Gasteiger partial charge in [-0.1, -0.05) is 22.4 Å². The van der Waals surface area contributed by atoms with E-state index < -0.39 is 23.8 Å². The van der Waals surface area contributed by atoms with Crippen LogP contribution >= 0.6 is 27.7 Å². The number of halogens is 1. The highest BCUT2D eigenvalue weighted by Crippen LogP contribution is 2.33. The van der Waals surface area contributed by atoms with E-state index in [1.807, 2.05) is 11.8 Å². The van der Waals surface area contributed by atoms with E-state index in [-0.39, 0.29) is 36.3 Å². The van der Waals surface area contributed by atoms with Crippen LogP contribution in [-0.4, -0.2) is 74.9 Å². The van der Waals surface area contributed by atoms with Crippen LogP contribution in [0.2, 0.25) is 0 Å². The van der Waals surface area contributed by atoms with Gasteiger partial charge < -0.3 is 21.5 Å². The Morgan fingerprint density at radius 2 is 2.03 bits per heavy atom. The van der Waals surface area contributed by atoms with Crippen molar-refractivity contribution in [3.05, 3.63) is 0 Å². The molecule has 6 N–H and O–H groups in total. The molecule has 2 rings (SSSR count). The van der Waals surface area contributed by atoms with E-state index in [0.29, 0.717) is 31.1 Å². The van der Waals surface area contributed by atoms with Gasteiger partial charge in [0.2, 0.25) is 11.8 Å². The molecule has 0 aromatic rings. The van der Waals surface area contributed by atoms with Gasteiger partial charge >= 0.3 is 12.0 Å². The minimum atomic E-state index is -1.16. The quantitative estimate of drug-likeness (QED) is 0.112. The largest absolute Gasteiger partial charge is 0.480 e. The molecule has 2 aliphatic rings. The standard InChI is InChI=1S/C18H30BrN5O5S/c19-9-14(25)23-24(12(17(27)28)5-3-4-8-20)15(26)7-2-1-6-13-16-11(10-30-13)21-18(29)22-16/h11-13,16H,1-10,20H2,(H,23,25)(H,27,28)(H2,21,22,29)/t11-,12-,13-,16-/m0/s1. The number of carbonyl (C=O) groups excluding carboxylic acids is 3. The van der Waals surface area contributed by atoms with Gasteiger partial charge in [-0.2, -0.15) is 11.8 Å². The van der Waals surface area contributed by atoms with Crippen LogP contribution in [0.15, 0.2) is 0 Å². The summed E-state index contributed by atoms with van der Waals surface area (Å²) in [6, 6.07) is -0.975. The Labute approximate surface area is 188 Å². The van der Waals surface area contributed by atoms with E-state index in [4.69, 9.17) is 5.73 Å². The molecule has 0 aromatic heterocycles. The Balaban J connectivity index is 1.85. The van der Waals surface area contributed by atoms with Crippen molar-refractivity contribution in [3.8, 4) is 0 Å². The molecule has 10 nitrogen and oxygen atoms in total. The summed E-state index contributed by atoms with van der Waals surface area (Å²) < 4.78 is 0. The fraction of sp³-hybridized carbons (Fsp3) is 0.778. The third kappa shape index (κ3) is 7.02. The highest BCUT2D eigenvalue weighted by atomic mass is 79.9. The van der Waals surface area contributed by atoms with Crippen LogP contribution in [0.5, 0.6) is 0 Å². The minimum absolute atomic E-state index is 0.0346. The zero-order chi connectivity index (χ0) is 22.1. The van der Waals surface area contributed by atoms with Gasteiger partial charge in [-0.15, -0.1) is 0 Å². The number of carboxylic acids is 1. The molecule has 2 saturated heterocycles. The maximum atomic E-state index is 12.7. The number of nitrogens with two attached hydrogens (primary N) is 1. The van der Waals surface area contributed by atoms with Crippen molar-refractivity contribution in [2.45, 2.75) is 68.3 Å². The monoisotopic (exact) mass is 507 g/mol. The second kappa shape index (κ2) is 12.4. The van der Waals surface area contributed by atoms with Gasteiger partial charge in [-0.25, -0.2) is 14.6 Å². The van der Waals surface area contributed by atoms with Gasteiger partial charge in [0.05, 0.1) is 17.4 Å². The SMILES string of the molecule is NCCCC[C@@H](C(=O)O)N(NC(=O)CBr)C(=O)CCCC[C@@H]1SC[C@@H]2NC(=O)N[C@@H]21. The number of nitrogens with zero attached hydrogens (tertiary/aromatic N) is 1. The molecular formula is C18H30BrN5O5S. The summed E-state index contributed by atoms with van der Waals surface area (Å²) in [5.74, 6) is -1.18. The van der Waals surface area contributed by atoms with Crippen molar-refractivity contribution < 1.29 is 24.3 Å². The molecule has 2 heterocycles. The number of hydrogen-bond acceptors (Lipinski definition) is 6. The number of thioether (sulfide) groups is 1. The number of fused-ring (bicyclic) bond motifs is 1. The molecule has 0 unspecified atom stereocenters. The average molecular weight is 508 g/mol. The molecule has 0 bridgehead atoms. The van der Waals surface area contributed by atoms with Gasteiger partial charge in [-0.05, 0) is 38.6 Å². The zero-order valence-electron chi connectivity index (χ0n) is 16.8. The number of hydrogen-bond donors (Lipinski definition) is 5. The van der Waals surface area contributed by atoms with Gasteiger partial charge in [0.15, 0.2) is 6.04 Å². The Kier molecular flexibility index (Phi) is 10.2. The second-order valence-corrected chi connectivity index (χ2v) is 9.27. The minimum Gasteiger partial charge on any atom is -0.480 e. The predicted molar refractivity (Wildman–Crippen MR) is 117 cm³/mol. The van der Waals surface area contributed by atoms with Crippen LogP contribution in [0.4, 0.5) is 4.79 Å². The number of carboxylic acid groups (broad SMARTS) is 1. The van der Waals surface area contributed by atoms with Crippen molar-refractivity contribution in [1.82, 2.24) is 21.1 Å². The number of alkyl halides is 1. The van der Waals surface area contributed by atoms with Crippen molar-refractivity contribution in [2.24, 2.45) is 5.73 Å². The Bertz CT molecular complexity index is 640. The second-order valence-electron chi connectivity index (χ2n) is 7.44. The normalized spacial score (nSPS) is 23.3. The maximum Gasteiger partial charge on any atom is 0.328 e. The van der Waals surface area contributed by atoms with E-state index in [0.717, 1.165) is 23.6 Å². The Morgan fingerprint density at radius 1 is 1.27 bits per heavy atom. The zero-order valence-corrected chi connectivity index (χ0v) is 19.2. The summed E-state index contributed by atoms with van der Waals surface area (Å²) in [5.41, 5.74) is 7.89. The Morgan fingerprint density at radius 3 is 2.70 bits per heavy atom. The first-order valence-electron chi connectivity index (χ1n) is 10.2. The lowest BCUT2D eigenvalue weighted by Gasteiger charge is -2.29. The molecule has 0 aliphatic carbocycles. The van der Waals surface area contributed by atoms with Crippen LogP contribution < -0.4 is 21.8 Å². The molecule has 170 valence electrons. The first-order chi connectivity index (χ1) is 14.4. The number of unbranched alkanes of at least 4 members (excludes halogenated alkanes) is 2. The fourth-order valence-corrected chi connectivity index (χ4v) is 5.38. The topological polar surface area (TPSA) is 154 Å². The van der Waals surface area contributed by atoms with Crippen molar-refractivity contribution in [2.75, 3.05) is 17.6 Å². The molecule has 0 spiro atoms. The third-order valence-corrected chi connectivity index (χ3v) is 7.25. The number of amides is 4. The highest BCUT2D eigenvalue weighted by Gasteiger charge is 2.42. The van der Waals surface area contributed by atoms with E-state index in [1.54, 1.807) is 0 Å². The van der Waals surface area contributed by atoms with Crippen LogP contribution in [0.3, 0.4) is 0 Å². The fourth-order valence-electron chi connectivity index (χ4n) is 3.71. The summed E-state index contributed by atoms with van der Waals surface area (Å²) in [6.07, 6.45) is 3.74. The summed E-state index contributed by atoms with van der Waals surface area (Å²) in [6.45, 7) is 0.436. The van der Waals surface area contributed by atoms with Crippen LogP contribution in [0, 0.1) is 0 Å². The lowest BCUT2D eigenvalue weighted by atomic mass is 10.0. The molecule has 2 aliphatic heterocycles. The molecule has 0 saturated carbocycles. The van der Waals surface area contributed by atoms with E-state index >= 15 is 0 Å². The van der Waals surface area contributed by atoms with E-state index in [9.17, 15) is 24.3 Å². The molecule has 12 heteroatoms. The molecule has 4 amide bonds. The first kappa shape index (κ1) is 24.7. The number of aliphatic carboxylic acids is 1. The number of carbonyl (C=O) groups is 4. The van der Waals surface area contributed by atoms with Crippen LogP contribution in [-0.2, 0) is 14.4 Å². The van der Waals surface area contributed by atoms with Crippen LogP contribution in [0.25, 0.3) is 0 Å². The van der Waals surface area contributed by atoms with E-state index in [2.05, 4.69) is 32.0 Å². The lowest BCUT2D eigenvalue weighted by molar-refractivity contribution is -0.156. The molecule has 30 heavy (non-hydrogen) atoms. The summed E-state index contributed by atoms with van der Waals surface area (Å²) >= 11 is 4.83. The number of rotatable bonds is 12. The first-order valence-corrected chi connectivity index (χ1v) is 12.3. The summed E-state index contributed by atoms with van der Waals surface area (Å²) in [7, 11) is 0. The average Bonchev–Trinajstić information content (AvgIpc) is 3.26.